The summed E-state index contributed by atoms with van der Waals surface area (Å²) >= 11 is 3.38. The third-order valence-corrected chi connectivity index (χ3v) is 2.35. The van der Waals surface area contributed by atoms with E-state index in [0.29, 0.717) is 6.61 Å². The summed E-state index contributed by atoms with van der Waals surface area (Å²) in [5.74, 6) is 0. The molecule has 0 bridgehead atoms. The standard InChI is InChI=1S/C10H13BrO2/c1-7(12)10-4-3-9(11)5-8(10)6-13-2/h3-5,7,12H,6H2,1-2H3. The molecule has 0 amide bonds. The van der Waals surface area contributed by atoms with E-state index in [1.165, 1.54) is 0 Å². The summed E-state index contributed by atoms with van der Waals surface area (Å²) in [6, 6.07) is 5.79. The van der Waals surface area contributed by atoms with Crippen LogP contribution in [0.25, 0.3) is 0 Å². The van der Waals surface area contributed by atoms with Crippen LogP contribution in [0.15, 0.2) is 22.7 Å². The molecule has 0 radical (unpaired) electrons. The van der Waals surface area contributed by atoms with E-state index in [9.17, 15) is 5.11 Å². The van der Waals surface area contributed by atoms with Crippen molar-refractivity contribution < 1.29 is 9.84 Å². The number of ether oxygens (including phenoxy) is 1. The molecule has 72 valence electrons. The molecule has 1 N–H and O–H groups in total. The van der Waals surface area contributed by atoms with E-state index in [0.717, 1.165) is 15.6 Å². The van der Waals surface area contributed by atoms with Gasteiger partial charge in [0.25, 0.3) is 0 Å². The third kappa shape index (κ3) is 2.79. The fourth-order valence-electron chi connectivity index (χ4n) is 1.26. The van der Waals surface area contributed by atoms with Gasteiger partial charge in [0.15, 0.2) is 0 Å². The Kier molecular flexibility index (Phi) is 3.90. The second-order valence-electron chi connectivity index (χ2n) is 2.95. The van der Waals surface area contributed by atoms with Crippen molar-refractivity contribution in [2.75, 3.05) is 7.11 Å². The second kappa shape index (κ2) is 4.74. The first kappa shape index (κ1) is 10.7. The average Bonchev–Trinajstić information content (AvgIpc) is 2.04. The molecule has 0 fully saturated rings. The Morgan fingerprint density at radius 2 is 2.23 bits per heavy atom. The lowest BCUT2D eigenvalue weighted by molar-refractivity contribution is 0.171. The highest BCUT2D eigenvalue weighted by molar-refractivity contribution is 9.10. The Balaban J connectivity index is 3.03. The molecular formula is C10H13BrO2. The molecule has 13 heavy (non-hydrogen) atoms. The molecule has 0 saturated heterocycles. The maximum absolute atomic E-state index is 9.45. The van der Waals surface area contributed by atoms with Crippen LogP contribution in [0.5, 0.6) is 0 Å². The molecular weight excluding hydrogens is 232 g/mol. The van der Waals surface area contributed by atoms with Crippen LogP contribution >= 0.6 is 15.9 Å². The molecule has 2 nitrogen and oxygen atoms in total. The van der Waals surface area contributed by atoms with Crippen LogP contribution in [-0.4, -0.2) is 12.2 Å². The van der Waals surface area contributed by atoms with Gasteiger partial charge in [0.1, 0.15) is 0 Å². The third-order valence-electron chi connectivity index (χ3n) is 1.85. The summed E-state index contributed by atoms with van der Waals surface area (Å²) in [6.07, 6.45) is -0.446. The van der Waals surface area contributed by atoms with Crippen LogP contribution in [0.3, 0.4) is 0 Å². The van der Waals surface area contributed by atoms with Gasteiger partial charge in [-0.3, -0.25) is 0 Å². The van der Waals surface area contributed by atoms with Crippen LogP contribution < -0.4 is 0 Å². The summed E-state index contributed by atoms with van der Waals surface area (Å²) in [6.45, 7) is 2.28. The van der Waals surface area contributed by atoms with Crippen molar-refractivity contribution in [1.29, 1.82) is 0 Å². The zero-order chi connectivity index (χ0) is 9.84. The monoisotopic (exact) mass is 244 g/mol. The first-order valence-corrected chi connectivity index (χ1v) is 4.89. The molecule has 1 aromatic carbocycles. The van der Waals surface area contributed by atoms with Gasteiger partial charge in [-0.15, -0.1) is 0 Å². The lowest BCUT2D eigenvalue weighted by Crippen LogP contribution is -1.99. The highest BCUT2D eigenvalue weighted by Crippen LogP contribution is 2.22. The van der Waals surface area contributed by atoms with Gasteiger partial charge in [-0.25, -0.2) is 0 Å². The Bertz CT molecular complexity index is 284. The van der Waals surface area contributed by atoms with Crippen LogP contribution in [0, 0.1) is 0 Å². The largest absolute Gasteiger partial charge is 0.389 e. The Morgan fingerprint density at radius 3 is 2.77 bits per heavy atom. The van der Waals surface area contributed by atoms with Crippen LogP contribution in [0.2, 0.25) is 0 Å². The quantitative estimate of drug-likeness (QED) is 0.886. The maximum atomic E-state index is 9.45. The highest BCUT2D eigenvalue weighted by Gasteiger charge is 2.07. The van der Waals surface area contributed by atoms with Crippen molar-refractivity contribution in [1.82, 2.24) is 0 Å². The zero-order valence-corrected chi connectivity index (χ0v) is 9.34. The van der Waals surface area contributed by atoms with Gasteiger partial charge < -0.3 is 9.84 Å². The topological polar surface area (TPSA) is 29.5 Å². The number of benzene rings is 1. The Morgan fingerprint density at radius 1 is 1.54 bits per heavy atom. The van der Waals surface area contributed by atoms with Gasteiger partial charge in [0.05, 0.1) is 12.7 Å². The highest BCUT2D eigenvalue weighted by atomic mass is 79.9. The van der Waals surface area contributed by atoms with E-state index in [-0.39, 0.29) is 0 Å². The van der Waals surface area contributed by atoms with E-state index in [4.69, 9.17) is 4.74 Å². The molecule has 3 heteroatoms. The Labute approximate surface area is 86.7 Å². The van der Waals surface area contributed by atoms with Crippen molar-refractivity contribution in [2.24, 2.45) is 0 Å². The minimum atomic E-state index is -0.446. The normalized spacial score (nSPS) is 12.9. The Hall–Kier alpha value is -0.380. The van der Waals surface area contributed by atoms with E-state index in [1.807, 2.05) is 18.2 Å². The summed E-state index contributed by atoms with van der Waals surface area (Å²) in [4.78, 5) is 0. The minimum Gasteiger partial charge on any atom is -0.389 e. The van der Waals surface area contributed by atoms with E-state index in [1.54, 1.807) is 14.0 Å². The minimum absolute atomic E-state index is 0.446. The summed E-state index contributed by atoms with van der Waals surface area (Å²) in [7, 11) is 1.65. The lowest BCUT2D eigenvalue weighted by Gasteiger charge is -2.11. The van der Waals surface area contributed by atoms with Gasteiger partial charge in [0.2, 0.25) is 0 Å². The van der Waals surface area contributed by atoms with E-state index in [2.05, 4.69) is 15.9 Å². The molecule has 0 aromatic heterocycles. The fourth-order valence-corrected chi connectivity index (χ4v) is 1.67. The molecule has 1 atom stereocenters. The summed E-state index contributed by atoms with van der Waals surface area (Å²) < 4.78 is 6.05. The summed E-state index contributed by atoms with van der Waals surface area (Å²) in [5.41, 5.74) is 1.94. The number of hydrogen-bond donors (Lipinski definition) is 1. The molecule has 0 aliphatic rings. The number of aliphatic hydroxyl groups excluding tert-OH is 1. The van der Waals surface area contributed by atoms with E-state index >= 15 is 0 Å². The van der Waals surface area contributed by atoms with Crippen molar-refractivity contribution in [3.05, 3.63) is 33.8 Å². The predicted molar refractivity (Wildman–Crippen MR) is 55.5 cm³/mol. The second-order valence-corrected chi connectivity index (χ2v) is 3.87. The first-order valence-electron chi connectivity index (χ1n) is 4.10. The van der Waals surface area contributed by atoms with Gasteiger partial charge in [-0.1, -0.05) is 22.0 Å². The molecule has 0 aliphatic carbocycles. The molecule has 0 spiro atoms. The first-order chi connectivity index (χ1) is 6.15. The van der Waals surface area contributed by atoms with Crippen LogP contribution in [0.4, 0.5) is 0 Å². The van der Waals surface area contributed by atoms with Gasteiger partial charge in [-0.2, -0.15) is 0 Å². The molecule has 0 heterocycles. The van der Waals surface area contributed by atoms with Gasteiger partial charge in [-0.05, 0) is 30.2 Å². The number of hydrogen-bond acceptors (Lipinski definition) is 2. The number of rotatable bonds is 3. The van der Waals surface area contributed by atoms with Gasteiger partial charge in [0, 0.05) is 11.6 Å². The van der Waals surface area contributed by atoms with Crippen molar-refractivity contribution in [3.63, 3.8) is 0 Å². The number of methoxy groups -OCH3 is 1. The zero-order valence-electron chi connectivity index (χ0n) is 7.75. The molecule has 1 unspecified atom stereocenters. The smallest absolute Gasteiger partial charge is 0.0765 e. The van der Waals surface area contributed by atoms with Crippen molar-refractivity contribution >= 4 is 15.9 Å². The number of halogens is 1. The molecule has 0 aliphatic heterocycles. The van der Waals surface area contributed by atoms with Gasteiger partial charge >= 0.3 is 0 Å². The van der Waals surface area contributed by atoms with Crippen molar-refractivity contribution in [2.45, 2.75) is 19.6 Å². The number of aliphatic hydroxyl groups is 1. The molecule has 0 saturated carbocycles. The van der Waals surface area contributed by atoms with Crippen molar-refractivity contribution in [3.8, 4) is 0 Å². The maximum Gasteiger partial charge on any atom is 0.0765 e. The SMILES string of the molecule is COCc1cc(Br)ccc1C(C)O. The lowest BCUT2D eigenvalue weighted by atomic mass is 10.0. The van der Waals surface area contributed by atoms with Crippen LogP contribution in [0.1, 0.15) is 24.2 Å². The van der Waals surface area contributed by atoms with Crippen LogP contribution in [-0.2, 0) is 11.3 Å². The molecule has 1 rings (SSSR count). The predicted octanol–water partition coefficient (Wildman–Crippen LogP) is 2.65. The fraction of sp³-hybridized carbons (Fsp3) is 0.400. The average molecular weight is 245 g/mol. The molecule has 1 aromatic rings. The summed E-state index contributed by atoms with van der Waals surface area (Å²) in [5, 5.41) is 9.45. The van der Waals surface area contributed by atoms with E-state index < -0.39 is 6.10 Å².